The van der Waals surface area contributed by atoms with Crippen molar-refractivity contribution in [2.24, 2.45) is 0 Å². The van der Waals surface area contributed by atoms with Gasteiger partial charge in [-0.05, 0) is 42.3 Å². The fourth-order valence-corrected chi connectivity index (χ4v) is 3.60. The third-order valence-electron chi connectivity index (χ3n) is 3.77. The maximum atomic E-state index is 5.77. The van der Waals surface area contributed by atoms with Crippen LogP contribution in [0.5, 0.6) is 5.75 Å². The summed E-state index contributed by atoms with van der Waals surface area (Å²) in [5.41, 5.74) is 3.80. The second kappa shape index (κ2) is 6.51. The van der Waals surface area contributed by atoms with Crippen molar-refractivity contribution in [1.29, 1.82) is 0 Å². The number of fused-ring (bicyclic) bond motifs is 1. The molecule has 0 unspecified atom stereocenters. The second-order valence-electron chi connectivity index (χ2n) is 5.31. The minimum atomic E-state index is 0.290. The van der Waals surface area contributed by atoms with Crippen LogP contribution in [0.15, 0.2) is 45.3 Å². The molecule has 0 amide bonds. The van der Waals surface area contributed by atoms with Crippen LogP contribution in [0.2, 0.25) is 0 Å². The van der Waals surface area contributed by atoms with E-state index >= 15 is 0 Å². The van der Waals surface area contributed by atoms with Crippen molar-refractivity contribution in [1.82, 2.24) is 5.32 Å². The van der Waals surface area contributed by atoms with Crippen LogP contribution in [-0.4, -0.2) is 6.61 Å². The lowest BCUT2D eigenvalue weighted by molar-refractivity contribution is 0.351. The van der Waals surface area contributed by atoms with Gasteiger partial charge < -0.3 is 10.1 Å². The number of hydrogen-bond donors (Lipinski definition) is 1. The van der Waals surface area contributed by atoms with Crippen LogP contribution < -0.4 is 10.1 Å². The van der Waals surface area contributed by atoms with Crippen LogP contribution in [0.3, 0.4) is 0 Å². The number of ether oxygens (including phenoxy) is 1. The number of halogens is 2. The SMILES string of the molecule is C[C@H](NCc1cc(Br)cc2c1OCC2)c1cccc(Br)c1. The van der Waals surface area contributed by atoms with Gasteiger partial charge in [0.2, 0.25) is 0 Å². The molecule has 0 saturated heterocycles. The zero-order valence-corrected chi connectivity index (χ0v) is 15.0. The molecule has 1 atom stereocenters. The minimum absolute atomic E-state index is 0.290. The Labute approximate surface area is 142 Å². The van der Waals surface area contributed by atoms with Gasteiger partial charge in [0.1, 0.15) is 5.75 Å². The molecule has 0 spiro atoms. The number of nitrogens with one attached hydrogen (secondary N) is 1. The van der Waals surface area contributed by atoms with Gasteiger partial charge in [-0.3, -0.25) is 0 Å². The molecule has 1 aliphatic rings. The molecule has 0 radical (unpaired) electrons. The van der Waals surface area contributed by atoms with E-state index in [-0.39, 0.29) is 0 Å². The number of hydrogen-bond acceptors (Lipinski definition) is 2. The van der Waals surface area contributed by atoms with E-state index in [2.05, 4.69) is 74.4 Å². The Hall–Kier alpha value is -0.840. The van der Waals surface area contributed by atoms with Crippen molar-refractivity contribution in [2.75, 3.05) is 6.61 Å². The highest BCUT2D eigenvalue weighted by Crippen LogP contribution is 2.33. The molecule has 0 aliphatic carbocycles. The first kappa shape index (κ1) is 15.1. The molecular formula is C17H17Br2NO. The molecule has 1 N–H and O–H groups in total. The summed E-state index contributed by atoms with van der Waals surface area (Å²) in [6.07, 6.45) is 1.00. The first-order valence-corrected chi connectivity index (χ1v) is 8.65. The van der Waals surface area contributed by atoms with Crippen molar-refractivity contribution < 1.29 is 4.74 Å². The Morgan fingerprint density at radius 1 is 1.19 bits per heavy atom. The van der Waals surface area contributed by atoms with E-state index in [4.69, 9.17) is 4.74 Å². The fourth-order valence-electron chi connectivity index (χ4n) is 2.63. The van der Waals surface area contributed by atoms with Crippen molar-refractivity contribution >= 4 is 31.9 Å². The quantitative estimate of drug-likeness (QED) is 0.765. The van der Waals surface area contributed by atoms with Crippen molar-refractivity contribution in [2.45, 2.75) is 25.9 Å². The van der Waals surface area contributed by atoms with E-state index in [1.54, 1.807) is 0 Å². The molecule has 2 aromatic rings. The second-order valence-corrected chi connectivity index (χ2v) is 7.14. The minimum Gasteiger partial charge on any atom is -0.493 e. The lowest BCUT2D eigenvalue weighted by Gasteiger charge is -2.16. The summed E-state index contributed by atoms with van der Waals surface area (Å²) in [6, 6.07) is 13.0. The molecule has 1 heterocycles. The predicted octanol–water partition coefficient (Wildman–Crippen LogP) is 5.00. The highest BCUT2D eigenvalue weighted by Gasteiger charge is 2.17. The molecule has 21 heavy (non-hydrogen) atoms. The first-order chi connectivity index (χ1) is 10.1. The Balaban J connectivity index is 1.73. The number of benzene rings is 2. The van der Waals surface area contributed by atoms with Crippen LogP contribution in [0.1, 0.15) is 29.7 Å². The van der Waals surface area contributed by atoms with Crippen LogP contribution in [0.4, 0.5) is 0 Å². The third kappa shape index (κ3) is 3.50. The summed E-state index contributed by atoms with van der Waals surface area (Å²) in [5.74, 6) is 1.06. The number of rotatable bonds is 4. The molecule has 110 valence electrons. The van der Waals surface area contributed by atoms with Crippen LogP contribution in [0.25, 0.3) is 0 Å². The average molecular weight is 411 g/mol. The summed E-state index contributed by atoms with van der Waals surface area (Å²) in [7, 11) is 0. The molecule has 4 heteroatoms. The van der Waals surface area contributed by atoms with Gasteiger partial charge in [-0.1, -0.05) is 44.0 Å². The van der Waals surface area contributed by atoms with E-state index in [0.29, 0.717) is 6.04 Å². The molecular weight excluding hydrogens is 394 g/mol. The normalized spacial score (nSPS) is 14.6. The maximum absolute atomic E-state index is 5.77. The van der Waals surface area contributed by atoms with Gasteiger partial charge >= 0.3 is 0 Å². The smallest absolute Gasteiger partial charge is 0.127 e. The van der Waals surface area contributed by atoms with Gasteiger partial charge in [0.15, 0.2) is 0 Å². The highest BCUT2D eigenvalue weighted by atomic mass is 79.9. The fraction of sp³-hybridized carbons (Fsp3) is 0.294. The Bertz CT molecular complexity index is 657. The maximum Gasteiger partial charge on any atom is 0.127 e. The average Bonchev–Trinajstić information content (AvgIpc) is 2.92. The molecule has 1 aliphatic heterocycles. The lowest BCUT2D eigenvalue weighted by atomic mass is 10.1. The summed E-state index contributed by atoms with van der Waals surface area (Å²) in [4.78, 5) is 0. The predicted molar refractivity (Wildman–Crippen MR) is 92.7 cm³/mol. The zero-order chi connectivity index (χ0) is 14.8. The highest BCUT2D eigenvalue weighted by molar-refractivity contribution is 9.10. The van der Waals surface area contributed by atoms with E-state index < -0.39 is 0 Å². The van der Waals surface area contributed by atoms with E-state index in [1.165, 1.54) is 16.7 Å². The van der Waals surface area contributed by atoms with Gasteiger partial charge in [0.25, 0.3) is 0 Å². The Morgan fingerprint density at radius 2 is 2.05 bits per heavy atom. The summed E-state index contributed by atoms with van der Waals surface area (Å²) in [5, 5.41) is 3.58. The third-order valence-corrected chi connectivity index (χ3v) is 4.72. The van der Waals surface area contributed by atoms with Gasteiger partial charge in [-0.25, -0.2) is 0 Å². The summed E-state index contributed by atoms with van der Waals surface area (Å²) < 4.78 is 8.01. The first-order valence-electron chi connectivity index (χ1n) is 7.06. The van der Waals surface area contributed by atoms with Crippen molar-refractivity contribution in [3.05, 3.63) is 62.0 Å². The van der Waals surface area contributed by atoms with Crippen LogP contribution >= 0.6 is 31.9 Å². The summed E-state index contributed by atoms with van der Waals surface area (Å²) in [6.45, 7) is 3.77. The largest absolute Gasteiger partial charge is 0.493 e. The molecule has 2 aromatic carbocycles. The van der Waals surface area contributed by atoms with Gasteiger partial charge in [0, 0.05) is 33.5 Å². The molecule has 3 rings (SSSR count). The zero-order valence-electron chi connectivity index (χ0n) is 11.8. The molecule has 0 saturated carbocycles. The molecule has 0 fully saturated rings. The van der Waals surface area contributed by atoms with Crippen LogP contribution in [0, 0.1) is 0 Å². The molecule has 2 nitrogen and oxygen atoms in total. The van der Waals surface area contributed by atoms with E-state index in [9.17, 15) is 0 Å². The van der Waals surface area contributed by atoms with E-state index in [1.807, 2.05) is 6.07 Å². The standard InChI is InChI=1S/C17H17Br2NO/c1-11(12-3-2-4-15(18)7-12)20-10-14-9-16(19)8-13-5-6-21-17(13)14/h2-4,7-9,11,20H,5-6,10H2,1H3/t11-/m0/s1. The van der Waals surface area contributed by atoms with Gasteiger partial charge in [0.05, 0.1) is 6.61 Å². The Morgan fingerprint density at radius 3 is 2.86 bits per heavy atom. The van der Waals surface area contributed by atoms with Crippen LogP contribution in [-0.2, 0) is 13.0 Å². The van der Waals surface area contributed by atoms with Crippen molar-refractivity contribution in [3.8, 4) is 5.75 Å². The molecule has 0 bridgehead atoms. The molecule has 0 aromatic heterocycles. The monoisotopic (exact) mass is 409 g/mol. The summed E-state index contributed by atoms with van der Waals surface area (Å²) >= 11 is 7.11. The lowest BCUT2D eigenvalue weighted by Crippen LogP contribution is -2.18. The van der Waals surface area contributed by atoms with Gasteiger partial charge in [-0.2, -0.15) is 0 Å². The van der Waals surface area contributed by atoms with E-state index in [0.717, 1.165) is 34.3 Å². The van der Waals surface area contributed by atoms with Crippen molar-refractivity contribution in [3.63, 3.8) is 0 Å². The van der Waals surface area contributed by atoms with Gasteiger partial charge in [-0.15, -0.1) is 0 Å². The topological polar surface area (TPSA) is 21.3 Å². The Kier molecular flexibility index (Phi) is 4.67.